The van der Waals surface area contributed by atoms with Crippen molar-refractivity contribution in [1.29, 1.82) is 0 Å². The van der Waals surface area contributed by atoms with Gasteiger partial charge < -0.3 is 5.11 Å². The summed E-state index contributed by atoms with van der Waals surface area (Å²) in [7, 11) is 0. The zero-order chi connectivity index (χ0) is 13.3. The van der Waals surface area contributed by atoms with Crippen LogP contribution in [0.4, 0.5) is 13.2 Å². The number of nitrogens with zero attached hydrogens (tertiary/aromatic N) is 3. The number of halogens is 3. The first-order valence-corrected chi connectivity index (χ1v) is 5.00. The molecule has 18 heavy (non-hydrogen) atoms. The Kier molecular flexibility index (Phi) is 2.93. The number of fused-ring (bicyclic) bond motifs is 1. The van der Waals surface area contributed by atoms with Gasteiger partial charge in [-0.3, -0.25) is 9.20 Å². The van der Waals surface area contributed by atoms with Gasteiger partial charge in [-0.15, -0.1) is 10.2 Å². The Morgan fingerprint density at radius 2 is 2.11 bits per heavy atom. The minimum atomic E-state index is -4.57. The third-order valence-corrected chi connectivity index (χ3v) is 2.36. The molecule has 2 aromatic heterocycles. The Labute approximate surface area is 98.9 Å². The van der Waals surface area contributed by atoms with Crippen LogP contribution in [0.25, 0.3) is 5.65 Å². The Bertz CT molecular complexity index is 592. The molecule has 0 atom stereocenters. The van der Waals surface area contributed by atoms with Crippen LogP contribution in [0.3, 0.4) is 0 Å². The van der Waals surface area contributed by atoms with Crippen LogP contribution in [0.15, 0.2) is 18.3 Å². The molecule has 0 aliphatic heterocycles. The molecular formula is C10H8F3N3O2. The van der Waals surface area contributed by atoms with Crippen LogP contribution in [0.1, 0.15) is 17.8 Å². The third-order valence-electron chi connectivity index (χ3n) is 2.36. The summed E-state index contributed by atoms with van der Waals surface area (Å²) in [5.41, 5.74) is 0.649. The van der Waals surface area contributed by atoms with Gasteiger partial charge in [0.15, 0.2) is 5.65 Å². The number of aliphatic carboxylic acids is 1. The molecule has 0 bridgehead atoms. The second kappa shape index (κ2) is 4.28. The van der Waals surface area contributed by atoms with Crippen molar-refractivity contribution >= 4 is 11.6 Å². The summed E-state index contributed by atoms with van der Waals surface area (Å²) in [6.45, 7) is 0. The van der Waals surface area contributed by atoms with Crippen molar-refractivity contribution < 1.29 is 23.1 Å². The lowest BCUT2D eigenvalue weighted by atomic mass is 10.1. The van der Waals surface area contributed by atoms with Crippen molar-refractivity contribution in [2.24, 2.45) is 0 Å². The van der Waals surface area contributed by atoms with E-state index in [2.05, 4.69) is 10.2 Å². The smallest absolute Gasteiger partial charge is 0.452 e. The van der Waals surface area contributed by atoms with E-state index in [0.29, 0.717) is 5.56 Å². The van der Waals surface area contributed by atoms with Crippen LogP contribution in [0.2, 0.25) is 0 Å². The number of carbonyl (C=O) groups is 1. The molecular weight excluding hydrogens is 251 g/mol. The zero-order valence-electron chi connectivity index (χ0n) is 8.98. The maximum absolute atomic E-state index is 12.5. The molecule has 0 unspecified atom stereocenters. The van der Waals surface area contributed by atoms with Crippen molar-refractivity contribution in [2.45, 2.75) is 19.0 Å². The monoisotopic (exact) mass is 259 g/mol. The van der Waals surface area contributed by atoms with Gasteiger partial charge in [0.1, 0.15) is 0 Å². The van der Waals surface area contributed by atoms with Crippen LogP contribution in [0, 0.1) is 0 Å². The SMILES string of the molecule is O=C(O)CCc1ccn2c(C(F)(F)F)nnc2c1. The topological polar surface area (TPSA) is 67.5 Å². The van der Waals surface area contributed by atoms with E-state index in [1.54, 1.807) is 0 Å². The van der Waals surface area contributed by atoms with Gasteiger partial charge in [0, 0.05) is 12.6 Å². The molecule has 2 aromatic rings. The Hall–Kier alpha value is -2.12. The van der Waals surface area contributed by atoms with Gasteiger partial charge in [-0.2, -0.15) is 13.2 Å². The van der Waals surface area contributed by atoms with E-state index in [0.717, 1.165) is 4.40 Å². The van der Waals surface area contributed by atoms with Crippen LogP contribution in [-0.4, -0.2) is 25.7 Å². The minimum Gasteiger partial charge on any atom is -0.481 e. The highest BCUT2D eigenvalue weighted by molar-refractivity contribution is 5.67. The Morgan fingerprint density at radius 1 is 1.39 bits per heavy atom. The average Bonchev–Trinajstić information content (AvgIpc) is 2.68. The predicted molar refractivity (Wildman–Crippen MR) is 53.9 cm³/mol. The standard InChI is InChI=1S/C10H8F3N3O2/c11-10(12,13)9-15-14-7-5-6(1-2-8(17)18)3-4-16(7)9/h3-5H,1-2H2,(H,17,18). The number of hydrogen-bond acceptors (Lipinski definition) is 3. The van der Waals surface area contributed by atoms with Crippen LogP contribution in [0.5, 0.6) is 0 Å². The largest absolute Gasteiger partial charge is 0.481 e. The molecule has 0 aliphatic carbocycles. The van der Waals surface area contributed by atoms with Gasteiger partial charge in [-0.1, -0.05) is 0 Å². The quantitative estimate of drug-likeness (QED) is 0.912. The van der Waals surface area contributed by atoms with E-state index in [-0.39, 0.29) is 18.5 Å². The molecule has 0 amide bonds. The normalized spacial score (nSPS) is 11.9. The average molecular weight is 259 g/mol. The first-order chi connectivity index (χ1) is 8.38. The number of pyridine rings is 1. The third kappa shape index (κ3) is 2.41. The van der Waals surface area contributed by atoms with Crippen molar-refractivity contribution in [2.75, 3.05) is 0 Å². The van der Waals surface area contributed by atoms with Gasteiger partial charge in [0.2, 0.25) is 5.82 Å². The van der Waals surface area contributed by atoms with Gasteiger partial charge in [0.05, 0.1) is 0 Å². The number of aromatic nitrogens is 3. The predicted octanol–water partition coefficient (Wildman–Crippen LogP) is 1.77. The van der Waals surface area contributed by atoms with Gasteiger partial charge in [-0.25, -0.2) is 0 Å². The molecule has 0 aromatic carbocycles. The van der Waals surface area contributed by atoms with Crippen LogP contribution < -0.4 is 0 Å². The van der Waals surface area contributed by atoms with Crippen LogP contribution in [-0.2, 0) is 17.4 Å². The highest BCUT2D eigenvalue weighted by Crippen LogP contribution is 2.27. The number of carboxylic acids is 1. The van der Waals surface area contributed by atoms with Crippen molar-refractivity contribution in [3.05, 3.63) is 29.7 Å². The van der Waals surface area contributed by atoms with E-state index in [1.807, 2.05) is 0 Å². The fourth-order valence-electron chi connectivity index (χ4n) is 1.53. The molecule has 2 rings (SSSR count). The highest BCUT2D eigenvalue weighted by atomic mass is 19.4. The summed E-state index contributed by atoms with van der Waals surface area (Å²) < 4.78 is 38.3. The number of carboxylic acid groups (broad SMARTS) is 1. The lowest BCUT2D eigenvalue weighted by Crippen LogP contribution is -2.10. The van der Waals surface area contributed by atoms with E-state index in [1.165, 1.54) is 18.3 Å². The molecule has 0 spiro atoms. The summed E-state index contributed by atoms with van der Waals surface area (Å²) in [6, 6.07) is 2.82. The second-order valence-electron chi connectivity index (χ2n) is 3.68. The van der Waals surface area contributed by atoms with Gasteiger partial charge >= 0.3 is 12.1 Å². The summed E-state index contributed by atoms with van der Waals surface area (Å²) in [6.07, 6.45) is -3.23. The van der Waals surface area contributed by atoms with E-state index >= 15 is 0 Å². The van der Waals surface area contributed by atoms with E-state index < -0.39 is 18.0 Å². The number of alkyl halides is 3. The summed E-state index contributed by atoms with van der Waals surface area (Å²) in [5, 5.41) is 15.0. The molecule has 2 heterocycles. The minimum absolute atomic E-state index is 0.0465. The molecule has 0 aliphatic rings. The van der Waals surface area contributed by atoms with Crippen LogP contribution >= 0.6 is 0 Å². The Morgan fingerprint density at radius 3 is 2.72 bits per heavy atom. The lowest BCUT2D eigenvalue weighted by molar-refractivity contribution is -0.145. The fraction of sp³-hybridized carbons (Fsp3) is 0.300. The molecule has 96 valence electrons. The van der Waals surface area contributed by atoms with Gasteiger partial charge in [0.25, 0.3) is 0 Å². The molecule has 5 nitrogen and oxygen atoms in total. The number of aryl methyl sites for hydroxylation is 1. The summed E-state index contributed by atoms with van der Waals surface area (Å²) in [4.78, 5) is 10.4. The van der Waals surface area contributed by atoms with Crippen molar-refractivity contribution in [1.82, 2.24) is 14.6 Å². The Balaban J connectivity index is 2.34. The molecule has 0 saturated heterocycles. The number of rotatable bonds is 3. The molecule has 0 saturated carbocycles. The first kappa shape index (κ1) is 12.3. The molecule has 0 radical (unpaired) electrons. The zero-order valence-corrected chi connectivity index (χ0v) is 8.98. The van der Waals surface area contributed by atoms with Crippen molar-refractivity contribution in [3.63, 3.8) is 0 Å². The second-order valence-corrected chi connectivity index (χ2v) is 3.68. The maximum atomic E-state index is 12.5. The lowest BCUT2D eigenvalue weighted by Gasteiger charge is -2.04. The maximum Gasteiger partial charge on any atom is 0.452 e. The molecule has 0 fully saturated rings. The van der Waals surface area contributed by atoms with Gasteiger partial charge in [-0.05, 0) is 24.1 Å². The highest BCUT2D eigenvalue weighted by Gasteiger charge is 2.36. The summed E-state index contributed by atoms with van der Waals surface area (Å²) >= 11 is 0. The first-order valence-electron chi connectivity index (χ1n) is 5.00. The fourth-order valence-corrected chi connectivity index (χ4v) is 1.53. The van der Waals surface area contributed by atoms with E-state index in [4.69, 9.17) is 5.11 Å². The molecule has 8 heteroatoms. The molecule has 1 N–H and O–H groups in total. The number of hydrogen-bond donors (Lipinski definition) is 1. The summed E-state index contributed by atoms with van der Waals surface area (Å²) in [5.74, 6) is -2.06. The van der Waals surface area contributed by atoms with E-state index in [9.17, 15) is 18.0 Å². The van der Waals surface area contributed by atoms with Crippen molar-refractivity contribution in [3.8, 4) is 0 Å².